The number of oxime groups is 2. The second-order valence-electron chi connectivity index (χ2n) is 19.4. The van der Waals surface area contributed by atoms with E-state index in [-0.39, 0.29) is 54.3 Å². The lowest BCUT2D eigenvalue weighted by molar-refractivity contribution is -0.142. The second-order valence-corrected chi connectivity index (χ2v) is 21.2. The third kappa shape index (κ3) is 10.9. The lowest BCUT2D eigenvalue weighted by Gasteiger charge is -2.41. The number of aryl methyl sites for hydroxylation is 2. The van der Waals surface area contributed by atoms with Gasteiger partial charge in [0.05, 0.1) is 46.6 Å². The van der Waals surface area contributed by atoms with Crippen molar-refractivity contribution in [1.82, 2.24) is 39.3 Å². The second kappa shape index (κ2) is 21.4. The predicted octanol–water partition coefficient (Wildman–Crippen LogP) is 9.06. The summed E-state index contributed by atoms with van der Waals surface area (Å²) in [5.41, 5.74) is 17.1. The normalized spacial score (nSPS) is 20.4. The Bertz CT molecular complexity index is 2820. The third-order valence-electron chi connectivity index (χ3n) is 14.7. The number of aromatic nitrogens is 6. The molecule has 0 radical (unpaired) electrons. The maximum atomic E-state index is 15.5. The summed E-state index contributed by atoms with van der Waals surface area (Å²) in [4.78, 5) is 41.2. The van der Waals surface area contributed by atoms with Gasteiger partial charge in [0, 0.05) is 59.9 Å². The molecule has 4 aromatic heterocycles. The van der Waals surface area contributed by atoms with Crippen molar-refractivity contribution in [2.75, 3.05) is 26.2 Å². The maximum absolute atomic E-state index is 15.5. The molecule has 4 aliphatic heterocycles. The van der Waals surface area contributed by atoms with Crippen molar-refractivity contribution in [2.45, 2.75) is 127 Å². The standard InChI is InChI=1S/C51H56F6N12O3S2/c1-29-19-45(50(52,53)54)62-68(29)25-41(66-15-11-31(12-16-66)48-60-39(27-73-48)37-21-43(71-64-37)35-9-5-3-7-33(35)23-58)47(70)42(26-69-30(2)20-46(63-69)51(55,56)57)67-17-13-32(14-18-67)49-61-40(28-74-49)38-22-44(72-65-38)36-10-6-4-8-34(36)24-59/h3-10,19-20,27-28,31-32,41-44H,11-18,21-26,58-59H2,1-2H3. The molecule has 4 N–H and O–H groups in total. The number of ketones is 1. The van der Waals surface area contributed by atoms with Crippen LogP contribution in [0.4, 0.5) is 26.3 Å². The van der Waals surface area contributed by atoms with Gasteiger partial charge in [0.1, 0.15) is 11.4 Å². The Morgan fingerprint density at radius 1 is 0.649 bits per heavy atom. The minimum absolute atomic E-state index is 0.0250. The summed E-state index contributed by atoms with van der Waals surface area (Å²) in [5.74, 6) is -0.286. The number of alkyl halides is 6. The van der Waals surface area contributed by atoms with Gasteiger partial charge in [0.2, 0.25) is 0 Å². The van der Waals surface area contributed by atoms with E-state index in [1.165, 1.54) is 45.9 Å². The van der Waals surface area contributed by atoms with Crippen molar-refractivity contribution >= 4 is 39.9 Å². The smallest absolute Gasteiger partial charge is 0.387 e. The first kappa shape index (κ1) is 51.6. The van der Waals surface area contributed by atoms with E-state index in [9.17, 15) is 26.3 Å². The summed E-state index contributed by atoms with van der Waals surface area (Å²) >= 11 is 3.04. The number of nitrogens with zero attached hydrogens (tertiary/aromatic N) is 10. The molecule has 4 atom stereocenters. The lowest BCUT2D eigenvalue weighted by Crippen LogP contribution is -2.57. The van der Waals surface area contributed by atoms with Gasteiger partial charge in [-0.15, -0.1) is 22.7 Å². The molecule has 2 saturated heterocycles. The van der Waals surface area contributed by atoms with Gasteiger partial charge in [-0.2, -0.15) is 36.5 Å². The summed E-state index contributed by atoms with van der Waals surface area (Å²) in [6, 6.07) is 15.6. The third-order valence-corrected chi connectivity index (χ3v) is 16.8. The molecule has 0 bridgehead atoms. The summed E-state index contributed by atoms with van der Waals surface area (Å²) in [6.45, 7) is 4.98. The quantitative estimate of drug-likeness (QED) is 0.0884. The predicted molar refractivity (Wildman–Crippen MR) is 266 cm³/mol. The molecule has 0 spiro atoms. The van der Waals surface area contributed by atoms with Gasteiger partial charge in [-0.05, 0) is 100 Å². The number of hydrogen-bond acceptors (Lipinski definition) is 15. The molecule has 8 heterocycles. The number of rotatable bonds is 16. The molecule has 23 heteroatoms. The van der Waals surface area contributed by atoms with Crippen molar-refractivity contribution in [3.63, 3.8) is 0 Å². The first-order valence-electron chi connectivity index (χ1n) is 24.7. The zero-order valence-corrected chi connectivity index (χ0v) is 42.4. The van der Waals surface area contributed by atoms with Crippen LogP contribution in [-0.2, 0) is 53.0 Å². The topological polar surface area (TPSA) is 180 Å². The van der Waals surface area contributed by atoms with E-state index in [2.05, 4.69) is 20.5 Å². The van der Waals surface area contributed by atoms with Crippen molar-refractivity contribution < 1.29 is 40.8 Å². The van der Waals surface area contributed by atoms with Crippen LogP contribution in [0.5, 0.6) is 0 Å². The highest BCUT2D eigenvalue weighted by Crippen LogP contribution is 2.39. The minimum atomic E-state index is -4.72. The van der Waals surface area contributed by atoms with E-state index in [0.29, 0.717) is 77.8 Å². The number of carbonyl (C=O) groups excluding carboxylic acids is 1. The van der Waals surface area contributed by atoms with Crippen LogP contribution in [0, 0.1) is 13.8 Å². The fourth-order valence-electron chi connectivity index (χ4n) is 10.6. The molecule has 4 unspecified atom stereocenters. The number of likely N-dealkylation sites (tertiary alicyclic amines) is 2. The van der Waals surface area contributed by atoms with Gasteiger partial charge in [0.25, 0.3) is 0 Å². The van der Waals surface area contributed by atoms with E-state index in [1.807, 2.05) is 69.1 Å². The van der Waals surface area contributed by atoms with Crippen molar-refractivity contribution in [3.05, 3.63) is 138 Å². The fraction of sp³-hybridized carbons (Fsp3) is 0.471. The highest BCUT2D eigenvalue weighted by Gasteiger charge is 2.42. The number of nitrogens with two attached hydrogens (primary N) is 2. The van der Waals surface area contributed by atoms with Crippen LogP contribution < -0.4 is 11.5 Å². The molecule has 15 nitrogen and oxygen atoms in total. The Morgan fingerprint density at radius 2 is 1.04 bits per heavy atom. The first-order valence-corrected chi connectivity index (χ1v) is 26.5. The van der Waals surface area contributed by atoms with Crippen LogP contribution in [0.3, 0.4) is 0 Å². The van der Waals surface area contributed by atoms with E-state index in [1.54, 1.807) is 0 Å². The summed E-state index contributed by atoms with van der Waals surface area (Å²) in [6.07, 6.45) is -6.56. The SMILES string of the molecule is Cc1cc(C(F)(F)F)nn1CC(C(=O)C(Cn1nc(C(F)(F)F)cc1C)N1CCC(c2nc(C3=NOC(c4ccccc4CN)C3)cs2)CC1)N1CCC(c2nc(C3=NOC(c4ccccc4CN)C3)cs2)CC1. The van der Waals surface area contributed by atoms with Crippen molar-refractivity contribution in [1.29, 1.82) is 0 Å². The van der Waals surface area contributed by atoms with Gasteiger partial charge in [-0.25, -0.2) is 9.97 Å². The van der Waals surface area contributed by atoms with Gasteiger partial charge >= 0.3 is 12.4 Å². The zero-order chi connectivity index (χ0) is 51.9. The van der Waals surface area contributed by atoms with Crippen LogP contribution in [0.15, 0.2) is 81.7 Å². The Labute approximate surface area is 431 Å². The molecule has 6 aromatic rings. The Balaban J connectivity index is 0.872. The number of carbonyl (C=O) groups is 1. The zero-order valence-electron chi connectivity index (χ0n) is 40.7. The Morgan fingerprint density at radius 3 is 1.41 bits per heavy atom. The maximum Gasteiger partial charge on any atom is 0.435 e. The molecule has 2 aromatic carbocycles. The van der Waals surface area contributed by atoms with Crippen LogP contribution >= 0.6 is 22.7 Å². The molecule has 0 saturated carbocycles. The van der Waals surface area contributed by atoms with Crippen LogP contribution in [0.25, 0.3) is 0 Å². The van der Waals surface area contributed by atoms with Crippen LogP contribution in [0.1, 0.15) is 129 Å². The molecule has 74 heavy (non-hydrogen) atoms. The van der Waals surface area contributed by atoms with Gasteiger partial charge in [-0.3, -0.25) is 24.0 Å². The van der Waals surface area contributed by atoms with Crippen molar-refractivity contribution in [3.8, 4) is 0 Å². The van der Waals surface area contributed by atoms with E-state index in [4.69, 9.17) is 31.1 Å². The molecular formula is C51H56F6N12O3S2. The van der Waals surface area contributed by atoms with Crippen LogP contribution in [0.2, 0.25) is 0 Å². The lowest BCUT2D eigenvalue weighted by atomic mass is 9.91. The average molecular weight is 1060 g/mol. The van der Waals surface area contributed by atoms with Gasteiger partial charge in [-0.1, -0.05) is 58.8 Å². The Kier molecular flexibility index (Phi) is 14.9. The monoisotopic (exact) mass is 1060 g/mol. The molecule has 10 rings (SSSR count). The van der Waals surface area contributed by atoms with Gasteiger partial charge < -0.3 is 21.1 Å². The van der Waals surface area contributed by atoms with E-state index >= 15 is 4.79 Å². The molecule has 0 aliphatic carbocycles. The number of hydrogen-bond donors (Lipinski definition) is 2. The minimum Gasteiger partial charge on any atom is -0.387 e. The Hall–Kier alpha value is -5.85. The van der Waals surface area contributed by atoms with E-state index in [0.717, 1.165) is 67.2 Å². The highest BCUT2D eigenvalue weighted by atomic mass is 32.1. The highest BCUT2D eigenvalue weighted by molar-refractivity contribution is 7.10. The number of piperidine rings is 2. The number of thiazole rings is 2. The van der Waals surface area contributed by atoms with Gasteiger partial charge in [0.15, 0.2) is 29.4 Å². The molecule has 0 amide bonds. The van der Waals surface area contributed by atoms with Crippen molar-refractivity contribution in [2.24, 2.45) is 21.8 Å². The average Bonchev–Trinajstić information content (AvgIpc) is 4.27. The summed E-state index contributed by atoms with van der Waals surface area (Å²) in [7, 11) is 0. The van der Waals surface area contributed by atoms with E-state index < -0.39 is 35.8 Å². The molecule has 392 valence electrons. The number of benzene rings is 2. The summed E-state index contributed by atoms with van der Waals surface area (Å²) in [5, 5.41) is 22.4. The number of halogens is 6. The molecular weight excluding hydrogens is 1010 g/mol. The number of Topliss-reactive ketones (excluding diaryl/α,β-unsaturated/α-hetero) is 1. The molecule has 2 fully saturated rings. The van der Waals surface area contributed by atoms with Crippen LogP contribution in [-0.4, -0.2) is 94.8 Å². The fourth-order valence-corrected chi connectivity index (χ4v) is 12.6. The largest absolute Gasteiger partial charge is 0.435 e. The first-order chi connectivity index (χ1) is 35.5. The molecule has 4 aliphatic rings. The summed E-state index contributed by atoms with van der Waals surface area (Å²) < 4.78 is 86.7.